The summed E-state index contributed by atoms with van der Waals surface area (Å²) in [4.78, 5) is 6.51. The molecular formula is C29H34F4N2O3. The summed E-state index contributed by atoms with van der Waals surface area (Å²) in [6.07, 6.45) is 2.94. The predicted molar refractivity (Wildman–Crippen MR) is 137 cm³/mol. The Morgan fingerprint density at radius 3 is 2.53 bits per heavy atom. The Kier molecular flexibility index (Phi) is 9.23. The van der Waals surface area contributed by atoms with Gasteiger partial charge in [-0.25, -0.2) is 17.6 Å². The summed E-state index contributed by atoms with van der Waals surface area (Å²) >= 11 is 0. The van der Waals surface area contributed by atoms with E-state index in [1.807, 2.05) is 0 Å². The maximum Gasteiger partial charge on any atom is 0.162 e. The highest BCUT2D eigenvalue weighted by molar-refractivity contribution is 5.85. The number of piperidine rings is 1. The summed E-state index contributed by atoms with van der Waals surface area (Å²) in [5, 5.41) is 20.7. The van der Waals surface area contributed by atoms with Crippen LogP contribution < -0.4 is 4.74 Å². The van der Waals surface area contributed by atoms with E-state index in [0.717, 1.165) is 6.07 Å². The number of hydrogen-bond donors (Lipinski definition) is 2. The summed E-state index contributed by atoms with van der Waals surface area (Å²) in [6, 6.07) is 6.82. The highest BCUT2D eigenvalue weighted by Crippen LogP contribution is 2.41. The zero-order valence-electron chi connectivity index (χ0n) is 21.5. The van der Waals surface area contributed by atoms with Crippen LogP contribution in [0.4, 0.5) is 17.6 Å². The number of hydrogen-bond acceptors (Lipinski definition) is 5. The van der Waals surface area contributed by atoms with Crippen LogP contribution in [0.2, 0.25) is 0 Å². The minimum atomic E-state index is -1.35. The number of pyridine rings is 1. The molecule has 0 spiro atoms. The van der Waals surface area contributed by atoms with Crippen LogP contribution in [0.1, 0.15) is 55.0 Å². The molecule has 0 amide bonds. The summed E-state index contributed by atoms with van der Waals surface area (Å²) in [7, 11) is 1.54. The van der Waals surface area contributed by atoms with Crippen molar-refractivity contribution in [1.82, 2.24) is 9.88 Å². The Bertz CT molecular complexity index is 1240. The van der Waals surface area contributed by atoms with E-state index in [1.165, 1.54) is 13.3 Å². The van der Waals surface area contributed by atoms with Crippen molar-refractivity contribution in [1.29, 1.82) is 0 Å². The van der Waals surface area contributed by atoms with Crippen LogP contribution in [0.15, 0.2) is 36.5 Å². The monoisotopic (exact) mass is 534 g/mol. The SMILES string of the molecule is COc1ccc2ncc(CO)c(C(F)CCC3(CO)CCN(CCCc4cc(F)cc(F)c4F)CC3)c2c1. The Morgan fingerprint density at radius 1 is 1.08 bits per heavy atom. The fraction of sp³-hybridized carbons (Fsp3) is 0.483. The van der Waals surface area contributed by atoms with Crippen LogP contribution in [-0.4, -0.2) is 53.4 Å². The first-order valence-corrected chi connectivity index (χ1v) is 13.0. The van der Waals surface area contributed by atoms with Crippen LogP contribution in [-0.2, 0) is 13.0 Å². The number of benzene rings is 2. The lowest BCUT2D eigenvalue weighted by molar-refractivity contribution is 0.0299. The van der Waals surface area contributed by atoms with Gasteiger partial charge in [0, 0.05) is 35.4 Å². The number of rotatable bonds is 11. The van der Waals surface area contributed by atoms with Crippen molar-refractivity contribution in [2.24, 2.45) is 5.41 Å². The molecule has 0 radical (unpaired) electrons. The van der Waals surface area contributed by atoms with E-state index in [-0.39, 0.29) is 31.6 Å². The lowest BCUT2D eigenvalue weighted by Gasteiger charge is -2.41. The van der Waals surface area contributed by atoms with Crippen LogP contribution in [0.3, 0.4) is 0 Å². The third kappa shape index (κ3) is 6.27. The van der Waals surface area contributed by atoms with Gasteiger partial charge in [-0.3, -0.25) is 4.98 Å². The van der Waals surface area contributed by atoms with Crippen LogP contribution in [0, 0.1) is 22.9 Å². The van der Waals surface area contributed by atoms with Gasteiger partial charge in [-0.1, -0.05) is 0 Å². The number of aryl methyl sites for hydroxylation is 1. The third-order valence-electron chi connectivity index (χ3n) is 7.85. The van der Waals surface area contributed by atoms with Crippen molar-refractivity contribution in [3.63, 3.8) is 0 Å². The molecular weight excluding hydrogens is 500 g/mol. The second-order valence-corrected chi connectivity index (χ2v) is 10.2. The Balaban J connectivity index is 1.35. The zero-order valence-corrected chi connectivity index (χ0v) is 21.5. The molecule has 2 N–H and O–H groups in total. The van der Waals surface area contributed by atoms with E-state index >= 15 is 4.39 Å². The quantitative estimate of drug-likeness (QED) is 0.246. The molecule has 38 heavy (non-hydrogen) atoms. The van der Waals surface area contributed by atoms with Crippen molar-refractivity contribution in [3.8, 4) is 5.75 Å². The molecule has 1 aliphatic heterocycles. The fourth-order valence-electron chi connectivity index (χ4n) is 5.46. The van der Waals surface area contributed by atoms with Crippen LogP contribution in [0.25, 0.3) is 10.9 Å². The fourth-order valence-corrected chi connectivity index (χ4v) is 5.46. The van der Waals surface area contributed by atoms with Gasteiger partial charge in [-0.2, -0.15) is 0 Å². The van der Waals surface area contributed by atoms with E-state index in [1.54, 1.807) is 18.2 Å². The molecule has 1 aliphatic rings. The number of halogens is 4. The van der Waals surface area contributed by atoms with E-state index in [2.05, 4.69) is 9.88 Å². The van der Waals surface area contributed by atoms with Crippen molar-refractivity contribution in [3.05, 3.63) is 70.7 Å². The maximum absolute atomic E-state index is 15.7. The minimum absolute atomic E-state index is 0.0294. The standard InChI is InChI=1S/C29H34F4N2O3/c1-38-22-4-5-26-23(15-22)27(20(17-36)16-34-26)24(31)6-7-29(18-37)8-11-35(12-9-29)10-2-3-19-13-21(30)14-25(32)28(19)33/h4-5,13-16,24,36-37H,2-3,6-12,17-18H2,1H3. The first-order chi connectivity index (χ1) is 18.3. The molecule has 1 saturated heterocycles. The predicted octanol–water partition coefficient (Wildman–Crippen LogP) is 5.65. The number of ether oxygens (including phenoxy) is 1. The lowest BCUT2D eigenvalue weighted by atomic mass is 9.74. The summed E-state index contributed by atoms with van der Waals surface area (Å²) in [6.45, 7) is 1.63. The highest BCUT2D eigenvalue weighted by Gasteiger charge is 2.35. The van der Waals surface area contributed by atoms with Crippen molar-refractivity contribution >= 4 is 10.9 Å². The molecule has 9 heteroatoms. The molecule has 206 valence electrons. The largest absolute Gasteiger partial charge is 0.497 e. The summed E-state index contributed by atoms with van der Waals surface area (Å²) in [5.74, 6) is -2.40. The number of aromatic nitrogens is 1. The number of aliphatic hydroxyl groups is 2. The van der Waals surface area contributed by atoms with Gasteiger partial charge in [0.15, 0.2) is 11.6 Å². The highest BCUT2D eigenvalue weighted by atomic mass is 19.2. The number of alkyl halides is 1. The number of fused-ring (bicyclic) bond motifs is 1. The van der Waals surface area contributed by atoms with Gasteiger partial charge in [0.05, 0.1) is 19.2 Å². The van der Waals surface area contributed by atoms with E-state index < -0.39 is 29.0 Å². The molecule has 5 nitrogen and oxygen atoms in total. The maximum atomic E-state index is 15.7. The number of methoxy groups -OCH3 is 1. The normalized spacial score (nSPS) is 16.6. The van der Waals surface area contributed by atoms with Gasteiger partial charge in [0.2, 0.25) is 0 Å². The zero-order chi connectivity index (χ0) is 27.3. The molecule has 0 aliphatic carbocycles. The lowest BCUT2D eigenvalue weighted by Crippen LogP contribution is -2.42. The Morgan fingerprint density at radius 2 is 1.84 bits per heavy atom. The molecule has 3 aromatic rings. The molecule has 1 aromatic heterocycles. The third-order valence-corrected chi connectivity index (χ3v) is 7.85. The molecule has 2 heterocycles. The topological polar surface area (TPSA) is 65.8 Å². The number of aliphatic hydroxyl groups excluding tert-OH is 2. The van der Waals surface area contributed by atoms with E-state index in [0.29, 0.717) is 79.2 Å². The van der Waals surface area contributed by atoms with Gasteiger partial charge >= 0.3 is 0 Å². The van der Waals surface area contributed by atoms with E-state index in [9.17, 15) is 23.4 Å². The van der Waals surface area contributed by atoms with Crippen molar-refractivity contribution < 1.29 is 32.5 Å². The van der Waals surface area contributed by atoms with Crippen LogP contribution in [0.5, 0.6) is 5.75 Å². The second kappa shape index (κ2) is 12.4. The molecule has 4 rings (SSSR count). The van der Waals surface area contributed by atoms with E-state index in [4.69, 9.17) is 4.74 Å². The Labute approximate surface area is 220 Å². The van der Waals surface area contributed by atoms with Gasteiger partial charge in [-0.05, 0) is 93.4 Å². The first kappa shape index (κ1) is 28.3. The number of nitrogens with zero attached hydrogens (tertiary/aromatic N) is 2. The van der Waals surface area contributed by atoms with Gasteiger partial charge < -0.3 is 19.8 Å². The van der Waals surface area contributed by atoms with Gasteiger partial charge in [-0.15, -0.1) is 0 Å². The van der Waals surface area contributed by atoms with Crippen LogP contribution >= 0.6 is 0 Å². The average molecular weight is 535 g/mol. The molecule has 0 bridgehead atoms. The number of likely N-dealkylation sites (tertiary alicyclic amines) is 1. The summed E-state index contributed by atoms with van der Waals surface area (Å²) in [5.41, 5.74) is 1.07. The molecule has 2 aromatic carbocycles. The van der Waals surface area contributed by atoms with Gasteiger partial charge in [0.1, 0.15) is 17.7 Å². The van der Waals surface area contributed by atoms with Crippen molar-refractivity contribution in [2.45, 2.75) is 51.3 Å². The smallest absolute Gasteiger partial charge is 0.162 e. The second-order valence-electron chi connectivity index (χ2n) is 10.2. The van der Waals surface area contributed by atoms with Gasteiger partial charge in [0.25, 0.3) is 0 Å². The molecule has 1 atom stereocenters. The Hall–Kier alpha value is -2.75. The molecule has 1 fully saturated rings. The summed E-state index contributed by atoms with van der Waals surface area (Å²) < 4.78 is 61.8. The minimum Gasteiger partial charge on any atom is -0.497 e. The van der Waals surface area contributed by atoms with Crippen molar-refractivity contribution in [2.75, 3.05) is 33.4 Å². The molecule has 0 saturated carbocycles. The average Bonchev–Trinajstić information content (AvgIpc) is 2.94. The molecule has 1 unspecified atom stereocenters. The first-order valence-electron chi connectivity index (χ1n) is 13.0.